The zero-order valence-corrected chi connectivity index (χ0v) is 12.8. The quantitative estimate of drug-likeness (QED) is 0.897. The van der Waals surface area contributed by atoms with Crippen molar-refractivity contribution in [2.75, 3.05) is 11.9 Å². The van der Waals surface area contributed by atoms with Crippen molar-refractivity contribution in [3.63, 3.8) is 0 Å². The van der Waals surface area contributed by atoms with Gasteiger partial charge in [-0.05, 0) is 38.5 Å². The third-order valence-electron chi connectivity index (χ3n) is 3.21. The maximum atomic E-state index is 5.13. The third kappa shape index (κ3) is 4.14. The predicted molar refractivity (Wildman–Crippen MR) is 83.8 cm³/mol. The Balaban J connectivity index is 2.10. The molecule has 0 saturated heterocycles. The molecule has 1 heterocycles. The molecule has 0 radical (unpaired) electrons. The summed E-state index contributed by atoms with van der Waals surface area (Å²) in [7, 11) is 2.11. The number of nitrogens with zero attached hydrogens (tertiary/aromatic N) is 1. The van der Waals surface area contributed by atoms with Crippen molar-refractivity contribution in [2.45, 2.75) is 39.4 Å². The number of anilines is 1. The van der Waals surface area contributed by atoms with Crippen molar-refractivity contribution >= 4 is 5.69 Å². The smallest absolute Gasteiger partial charge is 0.0952 e. The van der Waals surface area contributed by atoms with Gasteiger partial charge in [-0.25, -0.2) is 0 Å². The van der Waals surface area contributed by atoms with Crippen molar-refractivity contribution in [1.82, 2.24) is 5.32 Å². The topological polar surface area (TPSA) is 28.4 Å². The summed E-state index contributed by atoms with van der Waals surface area (Å²) in [6.45, 7) is 8.28. The second kappa shape index (κ2) is 6.14. The zero-order valence-electron chi connectivity index (χ0n) is 12.8. The molecule has 1 aromatic heterocycles. The minimum Gasteiger partial charge on any atom is -0.472 e. The fourth-order valence-electron chi connectivity index (χ4n) is 2.13. The van der Waals surface area contributed by atoms with E-state index in [1.54, 1.807) is 12.5 Å². The Labute approximate surface area is 121 Å². The first-order valence-electron chi connectivity index (χ1n) is 7.01. The molecule has 1 aromatic carbocycles. The molecule has 3 nitrogen and oxygen atoms in total. The van der Waals surface area contributed by atoms with Crippen LogP contribution in [0.25, 0.3) is 0 Å². The molecule has 0 bridgehead atoms. The van der Waals surface area contributed by atoms with Crippen LogP contribution < -0.4 is 10.2 Å². The fourth-order valence-corrected chi connectivity index (χ4v) is 2.13. The van der Waals surface area contributed by atoms with Gasteiger partial charge in [0, 0.05) is 36.9 Å². The van der Waals surface area contributed by atoms with Crippen LogP contribution in [0.2, 0.25) is 0 Å². The van der Waals surface area contributed by atoms with Gasteiger partial charge in [0.15, 0.2) is 0 Å². The zero-order chi connectivity index (χ0) is 14.6. The van der Waals surface area contributed by atoms with E-state index in [0.29, 0.717) is 0 Å². The van der Waals surface area contributed by atoms with Crippen LogP contribution in [0, 0.1) is 0 Å². The first-order chi connectivity index (χ1) is 9.46. The molecular weight excluding hydrogens is 248 g/mol. The molecule has 0 aliphatic rings. The van der Waals surface area contributed by atoms with E-state index in [1.165, 1.54) is 16.8 Å². The number of benzene rings is 1. The Morgan fingerprint density at radius 3 is 2.55 bits per heavy atom. The summed E-state index contributed by atoms with van der Waals surface area (Å²) in [5, 5.41) is 3.55. The van der Waals surface area contributed by atoms with Gasteiger partial charge in [0.05, 0.1) is 12.5 Å². The molecule has 0 unspecified atom stereocenters. The van der Waals surface area contributed by atoms with Gasteiger partial charge in [0.1, 0.15) is 0 Å². The summed E-state index contributed by atoms with van der Waals surface area (Å²) >= 11 is 0. The van der Waals surface area contributed by atoms with E-state index in [0.717, 1.165) is 13.1 Å². The average Bonchev–Trinajstić information content (AvgIpc) is 2.88. The van der Waals surface area contributed by atoms with Crippen molar-refractivity contribution in [2.24, 2.45) is 0 Å². The lowest BCUT2D eigenvalue weighted by Crippen LogP contribution is -2.35. The van der Waals surface area contributed by atoms with Crippen molar-refractivity contribution in [3.8, 4) is 0 Å². The van der Waals surface area contributed by atoms with E-state index in [9.17, 15) is 0 Å². The number of hydrogen-bond donors (Lipinski definition) is 1. The largest absolute Gasteiger partial charge is 0.472 e. The van der Waals surface area contributed by atoms with Gasteiger partial charge in [-0.2, -0.15) is 0 Å². The lowest BCUT2D eigenvalue weighted by molar-refractivity contribution is 0.424. The minimum absolute atomic E-state index is 0.121. The van der Waals surface area contributed by atoms with Gasteiger partial charge in [-0.1, -0.05) is 18.2 Å². The first kappa shape index (κ1) is 14.7. The molecule has 2 rings (SSSR count). The summed E-state index contributed by atoms with van der Waals surface area (Å²) in [4.78, 5) is 2.25. The van der Waals surface area contributed by atoms with Gasteiger partial charge < -0.3 is 14.6 Å². The van der Waals surface area contributed by atoms with Crippen molar-refractivity contribution in [3.05, 3.63) is 54.0 Å². The van der Waals surface area contributed by atoms with Crippen LogP contribution in [0.15, 0.2) is 47.3 Å². The Morgan fingerprint density at radius 1 is 1.15 bits per heavy atom. The molecule has 3 heteroatoms. The Bertz CT molecular complexity index is 526. The van der Waals surface area contributed by atoms with E-state index in [4.69, 9.17) is 4.42 Å². The average molecular weight is 272 g/mol. The van der Waals surface area contributed by atoms with Gasteiger partial charge in [-0.3, -0.25) is 0 Å². The number of para-hydroxylation sites is 1. The molecule has 0 aliphatic carbocycles. The van der Waals surface area contributed by atoms with Gasteiger partial charge in [0.25, 0.3) is 0 Å². The normalized spacial score (nSPS) is 11.6. The molecule has 1 N–H and O–H groups in total. The second-order valence-corrected chi connectivity index (χ2v) is 6.22. The third-order valence-corrected chi connectivity index (χ3v) is 3.21. The highest BCUT2D eigenvalue weighted by Gasteiger charge is 2.12. The Hall–Kier alpha value is -1.74. The monoisotopic (exact) mass is 272 g/mol. The van der Waals surface area contributed by atoms with Crippen molar-refractivity contribution < 1.29 is 4.42 Å². The summed E-state index contributed by atoms with van der Waals surface area (Å²) in [6, 6.07) is 10.5. The lowest BCUT2D eigenvalue weighted by Gasteiger charge is -2.25. The van der Waals surface area contributed by atoms with E-state index >= 15 is 0 Å². The number of furan rings is 1. The summed E-state index contributed by atoms with van der Waals surface area (Å²) in [5.41, 5.74) is 3.88. The molecular formula is C17H24N2O. The highest BCUT2D eigenvalue weighted by molar-refractivity contribution is 5.53. The fraction of sp³-hybridized carbons (Fsp3) is 0.412. The number of hydrogen-bond acceptors (Lipinski definition) is 3. The maximum absolute atomic E-state index is 5.13. The van der Waals surface area contributed by atoms with E-state index < -0.39 is 0 Å². The van der Waals surface area contributed by atoms with E-state index in [-0.39, 0.29) is 5.54 Å². The predicted octanol–water partition coefficient (Wildman–Crippen LogP) is 3.80. The molecule has 0 fully saturated rings. The SMILES string of the molecule is CN(Cc1ccoc1)c1ccccc1CNC(C)(C)C. The van der Waals surface area contributed by atoms with Crippen LogP contribution in [0.3, 0.4) is 0 Å². The molecule has 0 spiro atoms. The van der Waals surface area contributed by atoms with Crippen LogP contribution in [0.5, 0.6) is 0 Å². The number of nitrogens with one attached hydrogen (secondary N) is 1. The molecule has 0 atom stereocenters. The molecule has 0 amide bonds. The summed E-state index contributed by atoms with van der Waals surface area (Å²) in [5.74, 6) is 0. The van der Waals surface area contributed by atoms with Gasteiger partial charge >= 0.3 is 0 Å². The number of rotatable bonds is 5. The highest BCUT2D eigenvalue weighted by Crippen LogP contribution is 2.21. The van der Waals surface area contributed by atoms with E-state index in [2.05, 4.69) is 62.3 Å². The highest BCUT2D eigenvalue weighted by atomic mass is 16.3. The van der Waals surface area contributed by atoms with Gasteiger partial charge in [0.2, 0.25) is 0 Å². The summed E-state index contributed by atoms with van der Waals surface area (Å²) < 4.78 is 5.13. The van der Waals surface area contributed by atoms with Crippen molar-refractivity contribution in [1.29, 1.82) is 0 Å². The molecule has 0 aliphatic heterocycles. The first-order valence-corrected chi connectivity index (χ1v) is 7.01. The molecule has 108 valence electrons. The molecule has 2 aromatic rings. The van der Waals surface area contributed by atoms with Gasteiger partial charge in [-0.15, -0.1) is 0 Å². The van der Waals surface area contributed by atoms with Crippen LogP contribution in [0.1, 0.15) is 31.9 Å². The summed E-state index contributed by atoms with van der Waals surface area (Å²) in [6.07, 6.45) is 3.52. The Morgan fingerprint density at radius 2 is 1.90 bits per heavy atom. The molecule has 20 heavy (non-hydrogen) atoms. The van der Waals surface area contributed by atoms with Crippen LogP contribution in [-0.4, -0.2) is 12.6 Å². The second-order valence-electron chi connectivity index (χ2n) is 6.22. The Kier molecular flexibility index (Phi) is 4.50. The van der Waals surface area contributed by atoms with Crippen LogP contribution in [-0.2, 0) is 13.1 Å². The van der Waals surface area contributed by atoms with Crippen LogP contribution in [0.4, 0.5) is 5.69 Å². The standard InChI is InChI=1S/C17H24N2O/c1-17(2,3)18-11-15-7-5-6-8-16(15)19(4)12-14-9-10-20-13-14/h5-10,13,18H,11-12H2,1-4H3. The maximum Gasteiger partial charge on any atom is 0.0952 e. The molecule has 0 saturated carbocycles. The minimum atomic E-state index is 0.121. The lowest BCUT2D eigenvalue weighted by atomic mass is 10.1. The van der Waals surface area contributed by atoms with E-state index in [1.807, 2.05) is 6.07 Å². The van der Waals surface area contributed by atoms with Crippen LogP contribution >= 0.6 is 0 Å².